The van der Waals surface area contributed by atoms with Crippen molar-refractivity contribution in [2.75, 3.05) is 39.1 Å². The molecule has 8 nitrogen and oxygen atoms in total. The number of nitrogens with one attached hydrogen (secondary N) is 1. The molecule has 0 unspecified atom stereocenters. The molecule has 3 aromatic heterocycles. The van der Waals surface area contributed by atoms with Crippen molar-refractivity contribution in [1.82, 2.24) is 24.0 Å². The van der Waals surface area contributed by atoms with Gasteiger partial charge in [0.2, 0.25) is 0 Å². The van der Waals surface area contributed by atoms with Crippen LogP contribution in [0.5, 0.6) is 5.75 Å². The average Bonchev–Trinajstić information content (AvgIpc) is 2.91. The highest BCUT2D eigenvalue weighted by atomic mass is 19.1. The van der Waals surface area contributed by atoms with Gasteiger partial charge >= 0.3 is 5.69 Å². The van der Waals surface area contributed by atoms with Crippen molar-refractivity contribution in [3.63, 3.8) is 0 Å². The molecule has 0 spiro atoms. The summed E-state index contributed by atoms with van der Waals surface area (Å²) in [6.07, 6.45) is 4.26. The number of ether oxygens (including phenoxy) is 1. The minimum absolute atomic E-state index is 0.136. The number of anilines is 1. The number of hydrogen-bond donors (Lipinski definition) is 1. The van der Waals surface area contributed by atoms with Gasteiger partial charge < -0.3 is 15.0 Å². The van der Waals surface area contributed by atoms with E-state index in [2.05, 4.69) is 20.2 Å². The van der Waals surface area contributed by atoms with Crippen molar-refractivity contribution in [3.8, 4) is 16.9 Å². The number of aromatic nitrogens is 4. The molecule has 9 heteroatoms. The van der Waals surface area contributed by atoms with Crippen molar-refractivity contribution < 1.29 is 9.13 Å². The molecule has 5 rings (SSSR count). The van der Waals surface area contributed by atoms with Crippen LogP contribution in [-0.2, 0) is 13.6 Å². The Bertz CT molecular complexity index is 1370. The highest BCUT2D eigenvalue weighted by Crippen LogP contribution is 2.42. The Kier molecular flexibility index (Phi) is 5.05. The maximum atomic E-state index is 15.3. The second kappa shape index (κ2) is 7.90. The highest BCUT2D eigenvalue weighted by molar-refractivity contribution is 6.09. The molecular weight excluding hydrogens is 411 g/mol. The second-order valence-electron chi connectivity index (χ2n) is 8.31. The molecule has 1 aliphatic rings. The lowest BCUT2D eigenvalue weighted by Crippen LogP contribution is -2.24. The van der Waals surface area contributed by atoms with Crippen LogP contribution in [0.1, 0.15) is 6.42 Å². The van der Waals surface area contributed by atoms with Gasteiger partial charge in [0, 0.05) is 31.4 Å². The molecule has 166 valence electrons. The zero-order valence-corrected chi connectivity index (χ0v) is 18.4. The van der Waals surface area contributed by atoms with Crippen LogP contribution in [0.2, 0.25) is 0 Å². The van der Waals surface area contributed by atoms with E-state index < -0.39 is 5.82 Å². The van der Waals surface area contributed by atoms with Gasteiger partial charge in [-0.15, -0.1) is 0 Å². The maximum absolute atomic E-state index is 15.3. The number of rotatable bonds is 6. The molecule has 4 aromatic rings. The molecular formula is C23H25FN6O2. The van der Waals surface area contributed by atoms with E-state index in [1.807, 2.05) is 26.2 Å². The molecule has 0 fully saturated rings. The van der Waals surface area contributed by atoms with Gasteiger partial charge in [0.1, 0.15) is 24.0 Å². The Morgan fingerprint density at radius 1 is 1.25 bits per heavy atom. The predicted octanol–water partition coefficient (Wildman–Crippen LogP) is 2.85. The summed E-state index contributed by atoms with van der Waals surface area (Å²) in [6.45, 7) is 2.44. The van der Waals surface area contributed by atoms with E-state index in [0.717, 1.165) is 30.8 Å². The lowest BCUT2D eigenvalue weighted by molar-refractivity contribution is 0.305. The normalized spacial score (nSPS) is 13.2. The summed E-state index contributed by atoms with van der Waals surface area (Å²) in [4.78, 5) is 23.7. The van der Waals surface area contributed by atoms with Crippen LogP contribution in [0, 0.1) is 5.82 Å². The van der Waals surface area contributed by atoms with Crippen molar-refractivity contribution >= 4 is 27.8 Å². The summed E-state index contributed by atoms with van der Waals surface area (Å²) < 4.78 is 24.5. The minimum atomic E-state index is -0.431. The average molecular weight is 436 g/mol. The van der Waals surface area contributed by atoms with Crippen LogP contribution < -0.4 is 15.7 Å². The van der Waals surface area contributed by atoms with E-state index in [4.69, 9.17) is 4.74 Å². The third-order valence-corrected chi connectivity index (χ3v) is 5.87. The van der Waals surface area contributed by atoms with Crippen LogP contribution >= 0.6 is 0 Å². The number of benzene rings is 1. The molecule has 0 aliphatic carbocycles. The SMILES string of the molecule is CN(C)CCCNc1ccc(-c2c(F)cc3ncc4c5c3c2OCCn5c(=O)n4C)cn1. The monoisotopic (exact) mass is 436 g/mol. The molecule has 1 aromatic carbocycles. The van der Waals surface area contributed by atoms with E-state index in [0.29, 0.717) is 39.8 Å². The first-order valence-corrected chi connectivity index (χ1v) is 10.6. The van der Waals surface area contributed by atoms with Crippen LogP contribution in [-0.4, -0.2) is 57.8 Å². The van der Waals surface area contributed by atoms with Gasteiger partial charge in [-0.25, -0.2) is 14.2 Å². The van der Waals surface area contributed by atoms with Crippen molar-refractivity contribution in [1.29, 1.82) is 0 Å². The van der Waals surface area contributed by atoms with E-state index in [9.17, 15) is 4.79 Å². The number of aryl methyl sites for hydroxylation is 1. The molecule has 0 bridgehead atoms. The number of pyridine rings is 2. The molecule has 1 aliphatic heterocycles. The zero-order chi connectivity index (χ0) is 22.4. The molecule has 0 atom stereocenters. The Morgan fingerprint density at radius 3 is 2.84 bits per heavy atom. The first kappa shape index (κ1) is 20.4. The first-order chi connectivity index (χ1) is 15.5. The summed E-state index contributed by atoms with van der Waals surface area (Å²) in [5.74, 6) is 0.712. The van der Waals surface area contributed by atoms with Gasteiger partial charge in [-0.3, -0.25) is 14.1 Å². The Labute approximate surface area is 184 Å². The quantitative estimate of drug-likeness (QED) is 0.469. The fraction of sp³-hybridized carbons (Fsp3) is 0.348. The molecule has 0 saturated heterocycles. The molecule has 0 amide bonds. The standard InChI is InChI=1S/C23H25FN6O2/c1-28(2)8-4-7-25-18-6-5-14(12-27-18)19-15(24)11-16-20-21-17(13-26-16)29(3)23(31)30(21)9-10-32-22(19)20/h5-6,11-13H,4,7-10H2,1-3H3,(H,25,27). The number of hydrogen-bond acceptors (Lipinski definition) is 6. The van der Waals surface area contributed by atoms with Gasteiger partial charge in [0.25, 0.3) is 0 Å². The van der Waals surface area contributed by atoms with Gasteiger partial charge in [-0.05, 0) is 39.2 Å². The van der Waals surface area contributed by atoms with Gasteiger partial charge in [0.05, 0.1) is 40.2 Å². The fourth-order valence-corrected chi connectivity index (χ4v) is 4.28. The smallest absolute Gasteiger partial charge is 0.329 e. The summed E-state index contributed by atoms with van der Waals surface area (Å²) in [7, 11) is 5.80. The van der Waals surface area contributed by atoms with E-state index in [1.54, 1.807) is 28.6 Å². The van der Waals surface area contributed by atoms with Gasteiger partial charge in [-0.1, -0.05) is 0 Å². The molecule has 1 N–H and O–H groups in total. The fourth-order valence-electron chi connectivity index (χ4n) is 4.28. The minimum Gasteiger partial charge on any atom is -0.490 e. The lowest BCUT2D eigenvalue weighted by atomic mass is 10.0. The van der Waals surface area contributed by atoms with Crippen LogP contribution in [0.4, 0.5) is 10.2 Å². The number of halogens is 1. The third-order valence-electron chi connectivity index (χ3n) is 5.87. The predicted molar refractivity (Wildman–Crippen MR) is 123 cm³/mol. The van der Waals surface area contributed by atoms with Crippen LogP contribution in [0.25, 0.3) is 33.1 Å². The maximum Gasteiger partial charge on any atom is 0.329 e. The van der Waals surface area contributed by atoms with Gasteiger partial charge in [-0.2, -0.15) is 0 Å². The first-order valence-electron chi connectivity index (χ1n) is 10.6. The highest BCUT2D eigenvalue weighted by Gasteiger charge is 2.25. The van der Waals surface area contributed by atoms with Crippen LogP contribution in [0.15, 0.2) is 35.4 Å². The number of imidazole rings is 1. The van der Waals surface area contributed by atoms with E-state index in [-0.39, 0.29) is 12.3 Å². The zero-order valence-electron chi connectivity index (χ0n) is 18.4. The largest absolute Gasteiger partial charge is 0.490 e. The molecule has 4 heterocycles. The third kappa shape index (κ3) is 3.29. The summed E-state index contributed by atoms with van der Waals surface area (Å²) >= 11 is 0. The van der Waals surface area contributed by atoms with E-state index in [1.165, 1.54) is 6.07 Å². The van der Waals surface area contributed by atoms with Gasteiger partial charge in [0.15, 0.2) is 0 Å². The summed E-state index contributed by atoms with van der Waals surface area (Å²) in [6, 6.07) is 5.08. The van der Waals surface area contributed by atoms with Crippen molar-refractivity contribution in [2.45, 2.75) is 13.0 Å². The summed E-state index contributed by atoms with van der Waals surface area (Å²) in [5.41, 5.74) is 2.70. The Balaban J connectivity index is 1.59. The second-order valence-corrected chi connectivity index (χ2v) is 8.31. The molecule has 32 heavy (non-hydrogen) atoms. The van der Waals surface area contributed by atoms with Crippen molar-refractivity contribution in [2.24, 2.45) is 7.05 Å². The van der Waals surface area contributed by atoms with Crippen LogP contribution in [0.3, 0.4) is 0 Å². The topological polar surface area (TPSA) is 77.2 Å². The van der Waals surface area contributed by atoms with Crippen molar-refractivity contribution in [3.05, 3.63) is 46.9 Å². The summed E-state index contributed by atoms with van der Waals surface area (Å²) in [5, 5.41) is 3.94. The van der Waals surface area contributed by atoms with E-state index >= 15 is 4.39 Å². The number of nitrogens with zero attached hydrogens (tertiary/aromatic N) is 5. The molecule has 0 saturated carbocycles. The lowest BCUT2D eigenvalue weighted by Gasteiger charge is -2.14. The molecule has 0 radical (unpaired) electrons. The Morgan fingerprint density at radius 2 is 2.09 bits per heavy atom. The Hall–Kier alpha value is -3.46.